The molecular weight excluding hydrogens is 284 g/mol. The van der Waals surface area contributed by atoms with Crippen LogP contribution in [-0.2, 0) is 14.3 Å². The highest BCUT2D eigenvalue weighted by molar-refractivity contribution is 5.42. The Balaban J connectivity index is 2.71. The summed E-state index contributed by atoms with van der Waals surface area (Å²) in [5.74, 6) is 5.76. The Kier molecular flexibility index (Phi) is 9.03. The highest BCUT2D eigenvalue weighted by atomic mass is 16.7. The Morgan fingerprint density at radius 3 is 2.36 bits per heavy atom. The molecule has 6 heteroatoms. The first-order valence-electron chi connectivity index (χ1n) is 7.66. The van der Waals surface area contributed by atoms with Crippen molar-refractivity contribution in [1.29, 1.82) is 0 Å². The number of aryl methyl sites for hydroxylation is 1. The first-order valence-corrected chi connectivity index (χ1v) is 7.66. The topological polar surface area (TPSA) is 89.0 Å². The molecule has 1 rings (SSSR count). The van der Waals surface area contributed by atoms with E-state index in [1.807, 2.05) is 39.0 Å². The van der Waals surface area contributed by atoms with E-state index >= 15 is 0 Å². The predicted molar refractivity (Wildman–Crippen MR) is 85.1 cm³/mol. The van der Waals surface area contributed by atoms with E-state index in [-0.39, 0.29) is 19.1 Å². The number of rotatable bonds is 11. The van der Waals surface area contributed by atoms with Crippen LogP contribution < -0.4 is 16.4 Å². The molecule has 0 aliphatic heterocycles. The number of nitrogens with two attached hydrogens (primary N) is 2. The van der Waals surface area contributed by atoms with Crippen LogP contribution in [0.15, 0.2) is 18.2 Å². The Hall–Kier alpha value is -1.18. The van der Waals surface area contributed by atoms with Gasteiger partial charge < -0.3 is 19.9 Å². The second-order valence-corrected chi connectivity index (χ2v) is 4.95. The average molecular weight is 312 g/mol. The molecule has 0 spiro atoms. The van der Waals surface area contributed by atoms with E-state index in [1.165, 1.54) is 0 Å². The van der Waals surface area contributed by atoms with Crippen molar-refractivity contribution in [3.63, 3.8) is 0 Å². The number of hydrogen-bond acceptors (Lipinski definition) is 6. The van der Waals surface area contributed by atoms with Gasteiger partial charge in [-0.25, -0.2) is 5.90 Å². The third kappa shape index (κ3) is 5.90. The summed E-state index contributed by atoms with van der Waals surface area (Å²) < 4.78 is 16.6. The van der Waals surface area contributed by atoms with E-state index < -0.39 is 0 Å². The minimum absolute atomic E-state index is 0.00884. The molecule has 1 aromatic rings. The third-order valence-corrected chi connectivity index (χ3v) is 3.33. The van der Waals surface area contributed by atoms with E-state index in [2.05, 4.69) is 4.84 Å². The summed E-state index contributed by atoms with van der Waals surface area (Å²) in [4.78, 5) is 4.49. The molecular formula is C16H28N2O4. The monoisotopic (exact) mass is 312 g/mol. The van der Waals surface area contributed by atoms with Crippen LogP contribution in [0.5, 0.6) is 5.75 Å². The van der Waals surface area contributed by atoms with Crippen molar-refractivity contribution in [1.82, 2.24) is 0 Å². The van der Waals surface area contributed by atoms with Gasteiger partial charge in [-0.15, -0.1) is 0 Å². The molecule has 0 aliphatic rings. The van der Waals surface area contributed by atoms with E-state index in [1.54, 1.807) is 0 Å². The van der Waals surface area contributed by atoms with Crippen molar-refractivity contribution >= 4 is 0 Å². The number of ether oxygens (including phenoxy) is 3. The van der Waals surface area contributed by atoms with Gasteiger partial charge >= 0.3 is 0 Å². The molecule has 0 aromatic heterocycles. The normalized spacial score (nSPS) is 12.6. The SMILES string of the molecule is CCOC(CCC(N)c1cccc(C)c1OCON)OCC. The molecule has 0 fully saturated rings. The fourth-order valence-corrected chi connectivity index (χ4v) is 2.31. The maximum atomic E-state index is 6.31. The van der Waals surface area contributed by atoms with E-state index in [0.29, 0.717) is 13.2 Å². The maximum absolute atomic E-state index is 6.31. The zero-order valence-corrected chi connectivity index (χ0v) is 13.7. The second kappa shape index (κ2) is 10.5. The van der Waals surface area contributed by atoms with Gasteiger partial charge in [-0.2, -0.15) is 0 Å². The lowest BCUT2D eigenvalue weighted by molar-refractivity contribution is -0.140. The first-order chi connectivity index (χ1) is 10.6. The lowest BCUT2D eigenvalue weighted by Gasteiger charge is -2.21. The zero-order valence-electron chi connectivity index (χ0n) is 13.7. The largest absolute Gasteiger partial charge is 0.465 e. The standard InChI is InChI=1S/C16H28N2O4/c1-4-19-15(20-5-2)10-9-14(17)13-8-6-7-12(3)16(13)21-11-22-18/h6-8,14-15H,4-5,9-11,17-18H2,1-3H3. The lowest BCUT2D eigenvalue weighted by atomic mass is 9.99. The minimum Gasteiger partial charge on any atom is -0.465 e. The molecule has 0 bridgehead atoms. The molecule has 0 saturated carbocycles. The number of hydrogen-bond donors (Lipinski definition) is 2. The van der Waals surface area contributed by atoms with Gasteiger partial charge in [0.1, 0.15) is 5.75 Å². The minimum atomic E-state index is -0.220. The maximum Gasteiger partial charge on any atom is 0.207 e. The molecule has 0 heterocycles. The summed E-state index contributed by atoms with van der Waals surface area (Å²) >= 11 is 0. The Morgan fingerprint density at radius 1 is 1.09 bits per heavy atom. The van der Waals surface area contributed by atoms with Crippen molar-refractivity contribution < 1.29 is 19.0 Å². The van der Waals surface area contributed by atoms with E-state index in [9.17, 15) is 0 Å². The average Bonchev–Trinajstić information content (AvgIpc) is 2.51. The summed E-state index contributed by atoms with van der Waals surface area (Å²) in [6.07, 6.45) is 1.24. The van der Waals surface area contributed by atoms with Gasteiger partial charge in [0, 0.05) is 31.2 Å². The fourth-order valence-electron chi connectivity index (χ4n) is 2.31. The summed E-state index contributed by atoms with van der Waals surface area (Å²) in [6, 6.07) is 5.71. The highest BCUT2D eigenvalue weighted by Gasteiger charge is 2.17. The smallest absolute Gasteiger partial charge is 0.207 e. The van der Waals surface area contributed by atoms with Crippen LogP contribution in [0.1, 0.15) is 43.9 Å². The highest BCUT2D eigenvalue weighted by Crippen LogP contribution is 2.30. The van der Waals surface area contributed by atoms with E-state index in [4.69, 9.17) is 25.8 Å². The third-order valence-electron chi connectivity index (χ3n) is 3.33. The van der Waals surface area contributed by atoms with Crippen molar-refractivity contribution in [2.24, 2.45) is 11.6 Å². The van der Waals surface area contributed by atoms with Gasteiger partial charge in [0.05, 0.1) is 0 Å². The Morgan fingerprint density at radius 2 is 1.77 bits per heavy atom. The van der Waals surface area contributed by atoms with Gasteiger partial charge in [-0.3, -0.25) is 4.84 Å². The van der Waals surface area contributed by atoms with Crippen LogP contribution in [0.4, 0.5) is 0 Å². The summed E-state index contributed by atoms with van der Waals surface area (Å²) in [5.41, 5.74) is 8.24. The molecule has 0 aliphatic carbocycles. The molecule has 0 amide bonds. The number of benzene rings is 1. The van der Waals surface area contributed by atoms with Gasteiger partial charge in [0.25, 0.3) is 0 Å². The second-order valence-electron chi connectivity index (χ2n) is 4.95. The van der Waals surface area contributed by atoms with E-state index in [0.717, 1.165) is 29.7 Å². The quantitative estimate of drug-likeness (QED) is 0.482. The van der Waals surface area contributed by atoms with Crippen LogP contribution in [0.3, 0.4) is 0 Å². The predicted octanol–water partition coefficient (Wildman–Crippen LogP) is 2.40. The molecule has 1 atom stereocenters. The first kappa shape index (κ1) is 18.9. The summed E-state index contributed by atoms with van der Waals surface area (Å²) in [7, 11) is 0. The zero-order chi connectivity index (χ0) is 16.4. The van der Waals surface area contributed by atoms with Crippen molar-refractivity contribution in [3.8, 4) is 5.75 Å². The van der Waals surface area contributed by atoms with Gasteiger partial charge in [0.15, 0.2) is 6.29 Å². The van der Waals surface area contributed by atoms with Crippen LogP contribution in [0, 0.1) is 6.92 Å². The molecule has 0 saturated heterocycles. The van der Waals surface area contributed by atoms with Gasteiger partial charge in [-0.1, -0.05) is 18.2 Å². The summed E-state index contributed by atoms with van der Waals surface area (Å²) in [5, 5.41) is 0. The van der Waals surface area contributed by atoms with Crippen LogP contribution in [-0.4, -0.2) is 26.3 Å². The van der Waals surface area contributed by atoms with Crippen molar-refractivity contribution in [3.05, 3.63) is 29.3 Å². The molecule has 22 heavy (non-hydrogen) atoms. The lowest BCUT2D eigenvalue weighted by Crippen LogP contribution is -2.21. The van der Waals surface area contributed by atoms with Gasteiger partial charge in [0.2, 0.25) is 6.79 Å². The Bertz CT molecular complexity index is 423. The molecule has 1 aromatic carbocycles. The van der Waals surface area contributed by atoms with Crippen molar-refractivity contribution in [2.45, 2.75) is 45.9 Å². The van der Waals surface area contributed by atoms with Gasteiger partial charge in [-0.05, 0) is 32.8 Å². The fraction of sp³-hybridized carbons (Fsp3) is 0.625. The van der Waals surface area contributed by atoms with Crippen LogP contribution in [0.2, 0.25) is 0 Å². The van der Waals surface area contributed by atoms with Crippen molar-refractivity contribution in [2.75, 3.05) is 20.0 Å². The summed E-state index contributed by atoms with van der Waals surface area (Å²) in [6.45, 7) is 7.09. The molecule has 1 unspecified atom stereocenters. The molecule has 126 valence electrons. The molecule has 6 nitrogen and oxygen atoms in total. The Labute approximate surface area is 132 Å². The molecule has 4 N–H and O–H groups in total. The van der Waals surface area contributed by atoms with Crippen LogP contribution >= 0.6 is 0 Å². The van der Waals surface area contributed by atoms with Crippen LogP contribution in [0.25, 0.3) is 0 Å². The molecule has 0 radical (unpaired) electrons. The number of para-hydroxylation sites is 1.